The van der Waals surface area contributed by atoms with Crippen LogP contribution in [-0.2, 0) is 18.3 Å². The highest BCUT2D eigenvalue weighted by Gasteiger charge is 2.33. The van der Waals surface area contributed by atoms with Gasteiger partial charge in [0.15, 0.2) is 5.96 Å². The molecule has 0 aromatic carbocycles. The minimum absolute atomic E-state index is 0. The van der Waals surface area contributed by atoms with E-state index in [1.54, 1.807) is 14.2 Å². The number of methoxy groups -OCH3 is 1. The minimum Gasteiger partial charge on any atom is -0.385 e. The lowest BCUT2D eigenvalue weighted by Gasteiger charge is -2.30. The summed E-state index contributed by atoms with van der Waals surface area (Å²) in [6.45, 7) is 2.35. The van der Waals surface area contributed by atoms with Crippen molar-refractivity contribution in [1.82, 2.24) is 15.2 Å². The van der Waals surface area contributed by atoms with Crippen molar-refractivity contribution in [3.63, 3.8) is 0 Å². The molecule has 0 spiro atoms. The number of halogens is 3. The van der Waals surface area contributed by atoms with Crippen LogP contribution in [0.3, 0.4) is 0 Å². The molecule has 1 aromatic rings. The molecule has 2 rings (SSSR count). The zero-order chi connectivity index (χ0) is 17.6. The smallest absolute Gasteiger partial charge is 0.191 e. The SMILES string of the molecule is CN=C(NCc1cc(Cl)c(Cl)n1C)NCC1(CCOC)CCCC1.I. The Labute approximate surface area is 177 Å². The van der Waals surface area contributed by atoms with Gasteiger partial charge in [-0.25, -0.2) is 0 Å². The third-order valence-electron chi connectivity index (χ3n) is 5.01. The average molecular weight is 503 g/mol. The van der Waals surface area contributed by atoms with Crippen molar-refractivity contribution in [1.29, 1.82) is 0 Å². The molecule has 2 N–H and O–H groups in total. The van der Waals surface area contributed by atoms with Crippen molar-refractivity contribution in [2.75, 3.05) is 27.3 Å². The van der Waals surface area contributed by atoms with Crippen LogP contribution in [0.2, 0.25) is 10.2 Å². The number of hydrogen-bond acceptors (Lipinski definition) is 2. The molecule has 0 unspecified atom stereocenters. The van der Waals surface area contributed by atoms with Crippen LogP contribution < -0.4 is 10.6 Å². The van der Waals surface area contributed by atoms with Gasteiger partial charge >= 0.3 is 0 Å². The van der Waals surface area contributed by atoms with Crippen LogP contribution in [0.5, 0.6) is 0 Å². The maximum absolute atomic E-state index is 6.11. The van der Waals surface area contributed by atoms with Crippen LogP contribution in [0.1, 0.15) is 37.8 Å². The molecule has 0 bridgehead atoms. The van der Waals surface area contributed by atoms with E-state index in [-0.39, 0.29) is 24.0 Å². The molecule has 1 heterocycles. The highest BCUT2D eigenvalue weighted by molar-refractivity contribution is 14.0. The summed E-state index contributed by atoms with van der Waals surface area (Å²) in [5, 5.41) is 7.94. The lowest BCUT2D eigenvalue weighted by Crippen LogP contribution is -2.43. The molecule has 0 saturated heterocycles. The maximum Gasteiger partial charge on any atom is 0.191 e. The van der Waals surface area contributed by atoms with Gasteiger partial charge in [0, 0.05) is 40.1 Å². The van der Waals surface area contributed by atoms with E-state index in [2.05, 4.69) is 15.6 Å². The summed E-state index contributed by atoms with van der Waals surface area (Å²) in [4.78, 5) is 4.32. The number of hydrogen-bond donors (Lipinski definition) is 2. The molecule has 144 valence electrons. The van der Waals surface area contributed by atoms with Crippen molar-refractivity contribution in [3.8, 4) is 0 Å². The Balaban J connectivity index is 0.00000312. The van der Waals surface area contributed by atoms with E-state index < -0.39 is 0 Å². The molecule has 1 fully saturated rings. The normalized spacial score (nSPS) is 16.6. The lowest BCUT2D eigenvalue weighted by molar-refractivity contribution is 0.138. The van der Waals surface area contributed by atoms with Gasteiger partial charge in [0.25, 0.3) is 0 Å². The fraction of sp³-hybridized carbons (Fsp3) is 0.706. The Morgan fingerprint density at radius 1 is 1.32 bits per heavy atom. The van der Waals surface area contributed by atoms with Gasteiger partial charge in [0.05, 0.1) is 11.6 Å². The Hall–Kier alpha value is -0.180. The average Bonchev–Trinajstić information content (AvgIpc) is 3.15. The molecule has 1 aromatic heterocycles. The molecular weight excluding hydrogens is 474 g/mol. The predicted octanol–water partition coefficient (Wildman–Crippen LogP) is 4.21. The first-order chi connectivity index (χ1) is 11.5. The van der Waals surface area contributed by atoms with Gasteiger partial charge in [-0.3, -0.25) is 4.99 Å². The van der Waals surface area contributed by atoms with E-state index >= 15 is 0 Å². The van der Waals surface area contributed by atoms with Crippen molar-refractivity contribution in [2.45, 2.75) is 38.6 Å². The molecule has 1 saturated carbocycles. The van der Waals surface area contributed by atoms with Crippen LogP contribution >= 0.6 is 47.2 Å². The fourth-order valence-corrected chi connectivity index (χ4v) is 3.80. The number of guanidine groups is 1. The molecule has 1 aliphatic carbocycles. The summed E-state index contributed by atoms with van der Waals surface area (Å²) in [7, 11) is 5.46. The first kappa shape index (κ1) is 22.9. The minimum atomic E-state index is 0. The Bertz CT molecular complexity index is 571. The number of rotatable bonds is 7. The highest BCUT2D eigenvalue weighted by Crippen LogP contribution is 2.40. The van der Waals surface area contributed by atoms with E-state index in [0.29, 0.717) is 22.1 Å². The molecule has 25 heavy (non-hydrogen) atoms. The van der Waals surface area contributed by atoms with Crippen LogP contribution in [0.4, 0.5) is 0 Å². The van der Waals surface area contributed by atoms with Gasteiger partial charge in [0.2, 0.25) is 0 Å². The third kappa shape index (κ3) is 6.19. The monoisotopic (exact) mass is 502 g/mol. The van der Waals surface area contributed by atoms with Crippen molar-refractivity contribution in [2.24, 2.45) is 17.5 Å². The quantitative estimate of drug-likeness (QED) is 0.333. The van der Waals surface area contributed by atoms with E-state index in [1.807, 2.05) is 17.7 Å². The second-order valence-corrected chi connectivity index (χ2v) is 7.33. The first-order valence-electron chi connectivity index (χ1n) is 8.44. The molecule has 5 nitrogen and oxygen atoms in total. The first-order valence-corrected chi connectivity index (χ1v) is 9.20. The largest absolute Gasteiger partial charge is 0.385 e. The summed E-state index contributed by atoms with van der Waals surface area (Å²) in [6.07, 6.45) is 6.21. The van der Waals surface area contributed by atoms with E-state index in [1.165, 1.54) is 25.7 Å². The Morgan fingerprint density at radius 3 is 2.52 bits per heavy atom. The third-order valence-corrected chi connectivity index (χ3v) is 5.85. The van der Waals surface area contributed by atoms with Gasteiger partial charge in [-0.05, 0) is 30.7 Å². The molecule has 0 amide bonds. The summed E-state index contributed by atoms with van der Waals surface area (Å²) in [5.74, 6) is 0.798. The van der Waals surface area contributed by atoms with Crippen LogP contribution in [0.15, 0.2) is 11.1 Å². The Kier molecular flexibility index (Phi) is 9.92. The molecule has 0 atom stereocenters. The zero-order valence-corrected chi connectivity index (χ0v) is 19.0. The predicted molar refractivity (Wildman–Crippen MR) is 116 cm³/mol. The van der Waals surface area contributed by atoms with E-state index in [9.17, 15) is 0 Å². The number of nitrogens with one attached hydrogen (secondary N) is 2. The van der Waals surface area contributed by atoms with Gasteiger partial charge in [0.1, 0.15) is 5.15 Å². The van der Waals surface area contributed by atoms with Gasteiger partial charge in [-0.1, -0.05) is 36.0 Å². The van der Waals surface area contributed by atoms with Crippen LogP contribution in [0.25, 0.3) is 0 Å². The van der Waals surface area contributed by atoms with Gasteiger partial charge < -0.3 is 19.9 Å². The summed E-state index contributed by atoms with van der Waals surface area (Å²) < 4.78 is 7.17. The number of aliphatic imine (C=N–C) groups is 1. The van der Waals surface area contributed by atoms with E-state index in [0.717, 1.165) is 31.2 Å². The standard InChI is InChI=1S/C17H28Cl2N4O.HI/c1-20-16(21-11-13-10-14(18)15(19)23(13)2)22-12-17(8-9-24-3)6-4-5-7-17;/h10H,4-9,11-12H2,1-3H3,(H2,20,21,22);1H. The molecule has 1 aliphatic rings. The molecule has 0 aliphatic heterocycles. The molecule has 0 radical (unpaired) electrons. The number of aromatic nitrogens is 1. The summed E-state index contributed by atoms with van der Waals surface area (Å²) in [6, 6.07) is 1.88. The maximum atomic E-state index is 6.11. The van der Waals surface area contributed by atoms with Crippen molar-refractivity contribution < 1.29 is 4.74 Å². The zero-order valence-electron chi connectivity index (χ0n) is 15.2. The number of ether oxygens (including phenoxy) is 1. The Morgan fingerprint density at radius 2 is 2.00 bits per heavy atom. The van der Waals surface area contributed by atoms with Crippen LogP contribution in [0, 0.1) is 5.41 Å². The molecule has 8 heteroatoms. The van der Waals surface area contributed by atoms with Crippen molar-refractivity contribution >= 4 is 53.1 Å². The topological polar surface area (TPSA) is 50.6 Å². The number of nitrogens with zero attached hydrogens (tertiary/aromatic N) is 2. The summed E-state index contributed by atoms with van der Waals surface area (Å²) >= 11 is 12.2. The van der Waals surface area contributed by atoms with Gasteiger partial charge in [-0.2, -0.15) is 0 Å². The second-order valence-electron chi connectivity index (χ2n) is 6.56. The highest BCUT2D eigenvalue weighted by atomic mass is 127. The van der Waals surface area contributed by atoms with Crippen molar-refractivity contribution in [3.05, 3.63) is 21.9 Å². The summed E-state index contributed by atoms with van der Waals surface area (Å²) in [5.41, 5.74) is 1.34. The van der Waals surface area contributed by atoms with E-state index in [4.69, 9.17) is 27.9 Å². The second kappa shape index (κ2) is 10.8. The lowest BCUT2D eigenvalue weighted by atomic mass is 9.83. The van der Waals surface area contributed by atoms with Crippen LogP contribution in [-0.4, -0.2) is 37.8 Å². The van der Waals surface area contributed by atoms with Gasteiger partial charge in [-0.15, -0.1) is 24.0 Å². The molecular formula is C17H29Cl2IN4O. The fourth-order valence-electron chi connectivity index (χ4n) is 3.38.